The van der Waals surface area contributed by atoms with E-state index in [4.69, 9.17) is 16.3 Å². The van der Waals surface area contributed by atoms with Crippen LogP contribution in [0.15, 0.2) is 30.6 Å². The predicted molar refractivity (Wildman–Crippen MR) is 101 cm³/mol. The minimum atomic E-state index is -0.193. The Morgan fingerprint density at radius 2 is 1.81 bits per heavy atom. The van der Waals surface area contributed by atoms with Gasteiger partial charge in [-0.1, -0.05) is 11.6 Å². The first-order valence-corrected chi connectivity index (χ1v) is 8.83. The van der Waals surface area contributed by atoms with Crippen molar-refractivity contribution in [3.63, 3.8) is 0 Å². The maximum absolute atomic E-state index is 12.7. The van der Waals surface area contributed by atoms with Gasteiger partial charge in [-0.05, 0) is 18.2 Å². The number of amides is 2. The summed E-state index contributed by atoms with van der Waals surface area (Å²) in [5.74, 6) is 0.885. The maximum Gasteiger partial charge on any atom is 0.272 e. The average Bonchev–Trinajstić information content (AvgIpc) is 2.68. The second-order valence-corrected chi connectivity index (χ2v) is 6.49. The van der Waals surface area contributed by atoms with Crippen LogP contribution in [0.5, 0.6) is 5.75 Å². The molecule has 0 spiro atoms. The number of nitrogens with zero attached hydrogens (tertiary/aromatic N) is 4. The van der Waals surface area contributed by atoms with Gasteiger partial charge in [-0.2, -0.15) is 0 Å². The molecule has 1 aromatic heterocycles. The summed E-state index contributed by atoms with van der Waals surface area (Å²) >= 11 is 6.04. The molecule has 2 aromatic rings. The van der Waals surface area contributed by atoms with Crippen LogP contribution in [0.2, 0.25) is 5.02 Å². The third-order valence-electron chi connectivity index (χ3n) is 4.32. The van der Waals surface area contributed by atoms with Gasteiger partial charge < -0.3 is 19.9 Å². The first-order chi connectivity index (χ1) is 13.0. The Balaban J connectivity index is 1.73. The second kappa shape index (κ2) is 8.22. The number of ether oxygens (including phenoxy) is 1. The minimum Gasteiger partial charge on any atom is -0.495 e. The summed E-state index contributed by atoms with van der Waals surface area (Å²) in [6.45, 7) is 3.54. The summed E-state index contributed by atoms with van der Waals surface area (Å²) in [5.41, 5.74) is 0.918. The van der Waals surface area contributed by atoms with E-state index in [1.807, 2.05) is 0 Å². The molecular weight excluding hydrogens is 370 g/mol. The van der Waals surface area contributed by atoms with Crippen molar-refractivity contribution >= 4 is 34.9 Å². The van der Waals surface area contributed by atoms with E-state index in [1.165, 1.54) is 13.3 Å². The summed E-state index contributed by atoms with van der Waals surface area (Å²) in [6, 6.07) is 6.76. The Bertz CT molecular complexity index is 853. The SMILES string of the molecule is COc1ccc(Cl)cc1Nc1cc(C(=O)N2CCN(C(C)=O)CC2)ncn1. The highest BCUT2D eigenvalue weighted by Crippen LogP contribution is 2.30. The van der Waals surface area contributed by atoms with Crippen molar-refractivity contribution in [1.82, 2.24) is 19.8 Å². The van der Waals surface area contributed by atoms with Gasteiger partial charge in [0.05, 0.1) is 12.8 Å². The molecule has 0 saturated carbocycles. The molecule has 9 heteroatoms. The molecule has 0 unspecified atom stereocenters. The van der Waals surface area contributed by atoms with Gasteiger partial charge in [0, 0.05) is 44.2 Å². The molecule has 142 valence electrons. The van der Waals surface area contributed by atoms with Crippen LogP contribution in [-0.2, 0) is 4.79 Å². The zero-order valence-electron chi connectivity index (χ0n) is 15.1. The van der Waals surface area contributed by atoms with Crippen LogP contribution in [0.1, 0.15) is 17.4 Å². The molecule has 27 heavy (non-hydrogen) atoms. The molecule has 1 N–H and O–H groups in total. The van der Waals surface area contributed by atoms with Crippen molar-refractivity contribution in [2.75, 3.05) is 38.6 Å². The fourth-order valence-electron chi connectivity index (χ4n) is 2.84. The molecule has 1 fully saturated rings. The molecule has 0 radical (unpaired) electrons. The summed E-state index contributed by atoms with van der Waals surface area (Å²) in [7, 11) is 1.56. The number of carbonyl (C=O) groups excluding carboxylic acids is 2. The normalized spacial score (nSPS) is 14.0. The standard InChI is InChI=1S/C18H20ClN5O3/c1-12(25)23-5-7-24(8-6-23)18(26)15-10-17(21-11-20-15)22-14-9-13(19)3-4-16(14)27-2/h3-4,9-11H,5-8H2,1-2H3,(H,20,21,22). The van der Waals surface area contributed by atoms with Gasteiger partial charge in [0.1, 0.15) is 23.6 Å². The largest absolute Gasteiger partial charge is 0.495 e. The van der Waals surface area contributed by atoms with Crippen LogP contribution >= 0.6 is 11.6 Å². The summed E-state index contributed by atoms with van der Waals surface area (Å²) < 4.78 is 5.30. The quantitative estimate of drug-likeness (QED) is 0.862. The van der Waals surface area contributed by atoms with E-state index in [2.05, 4.69) is 15.3 Å². The lowest BCUT2D eigenvalue weighted by Gasteiger charge is -2.34. The summed E-state index contributed by atoms with van der Waals surface area (Å²) in [5, 5.41) is 3.65. The van der Waals surface area contributed by atoms with Crippen LogP contribution in [0, 0.1) is 0 Å². The number of halogens is 1. The van der Waals surface area contributed by atoms with E-state index in [9.17, 15) is 9.59 Å². The molecule has 1 saturated heterocycles. The Kier molecular flexibility index (Phi) is 5.75. The predicted octanol–water partition coefficient (Wildman–Crippen LogP) is 2.19. The number of nitrogens with one attached hydrogen (secondary N) is 1. The Labute approximate surface area is 162 Å². The highest BCUT2D eigenvalue weighted by atomic mass is 35.5. The van der Waals surface area contributed by atoms with Gasteiger partial charge >= 0.3 is 0 Å². The topological polar surface area (TPSA) is 87.7 Å². The van der Waals surface area contributed by atoms with E-state index < -0.39 is 0 Å². The first-order valence-electron chi connectivity index (χ1n) is 8.45. The molecule has 0 atom stereocenters. The molecule has 8 nitrogen and oxygen atoms in total. The van der Waals surface area contributed by atoms with Crippen LogP contribution in [0.25, 0.3) is 0 Å². The van der Waals surface area contributed by atoms with Crippen molar-refractivity contribution in [2.24, 2.45) is 0 Å². The monoisotopic (exact) mass is 389 g/mol. The maximum atomic E-state index is 12.7. The molecule has 3 rings (SSSR count). The van der Waals surface area contributed by atoms with Crippen LogP contribution in [-0.4, -0.2) is 64.9 Å². The molecule has 0 bridgehead atoms. The third kappa shape index (κ3) is 4.46. The van der Waals surface area contributed by atoms with E-state index in [1.54, 1.807) is 41.2 Å². The van der Waals surface area contributed by atoms with Crippen molar-refractivity contribution in [2.45, 2.75) is 6.92 Å². The van der Waals surface area contributed by atoms with Gasteiger partial charge in [-0.15, -0.1) is 0 Å². The molecule has 0 aliphatic carbocycles. The zero-order chi connectivity index (χ0) is 19.4. The lowest BCUT2D eigenvalue weighted by molar-refractivity contribution is -0.130. The summed E-state index contributed by atoms with van der Waals surface area (Å²) in [4.78, 5) is 35.8. The molecule has 1 aliphatic heterocycles. The van der Waals surface area contributed by atoms with Crippen molar-refractivity contribution in [1.29, 1.82) is 0 Å². The fourth-order valence-corrected chi connectivity index (χ4v) is 3.02. The Morgan fingerprint density at radius 1 is 1.11 bits per heavy atom. The third-order valence-corrected chi connectivity index (χ3v) is 4.56. The number of rotatable bonds is 4. The van der Waals surface area contributed by atoms with Gasteiger partial charge in [-0.3, -0.25) is 9.59 Å². The van der Waals surface area contributed by atoms with Crippen LogP contribution < -0.4 is 10.1 Å². The number of aromatic nitrogens is 2. The number of methoxy groups -OCH3 is 1. The van der Waals surface area contributed by atoms with Crippen molar-refractivity contribution in [3.8, 4) is 5.75 Å². The lowest BCUT2D eigenvalue weighted by atomic mass is 10.2. The highest BCUT2D eigenvalue weighted by Gasteiger charge is 2.24. The lowest BCUT2D eigenvalue weighted by Crippen LogP contribution is -2.50. The van der Waals surface area contributed by atoms with Gasteiger partial charge in [0.15, 0.2) is 0 Å². The number of carbonyl (C=O) groups is 2. The number of benzene rings is 1. The number of hydrogen-bond acceptors (Lipinski definition) is 6. The van der Waals surface area contributed by atoms with Crippen molar-refractivity contribution < 1.29 is 14.3 Å². The molecule has 2 amide bonds. The first kappa shape index (κ1) is 18.9. The van der Waals surface area contributed by atoms with E-state index >= 15 is 0 Å². The number of piperazine rings is 1. The highest BCUT2D eigenvalue weighted by molar-refractivity contribution is 6.31. The van der Waals surface area contributed by atoms with E-state index in [-0.39, 0.29) is 17.5 Å². The van der Waals surface area contributed by atoms with E-state index in [0.717, 1.165) is 0 Å². The minimum absolute atomic E-state index is 0.0195. The second-order valence-electron chi connectivity index (χ2n) is 6.06. The summed E-state index contributed by atoms with van der Waals surface area (Å²) in [6.07, 6.45) is 1.33. The Hall–Kier alpha value is -2.87. The van der Waals surface area contributed by atoms with Gasteiger partial charge in [0.25, 0.3) is 5.91 Å². The van der Waals surface area contributed by atoms with Gasteiger partial charge in [0.2, 0.25) is 5.91 Å². The molecular formula is C18H20ClN5O3. The van der Waals surface area contributed by atoms with Crippen LogP contribution in [0.3, 0.4) is 0 Å². The Morgan fingerprint density at radius 3 is 2.48 bits per heavy atom. The smallest absolute Gasteiger partial charge is 0.272 e. The molecule has 2 heterocycles. The van der Waals surface area contributed by atoms with Crippen molar-refractivity contribution in [3.05, 3.63) is 41.3 Å². The number of anilines is 2. The van der Waals surface area contributed by atoms with E-state index in [0.29, 0.717) is 48.5 Å². The zero-order valence-corrected chi connectivity index (χ0v) is 15.9. The average molecular weight is 390 g/mol. The molecule has 1 aromatic carbocycles. The van der Waals surface area contributed by atoms with Gasteiger partial charge in [-0.25, -0.2) is 9.97 Å². The van der Waals surface area contributed by atoms with Crippen LogP contribution in [0.4, 0.5) is 11.5 Å². The number of hydrogen-bond donors (Lipinski definition) is 1. The molecule has 1 aliphatic rings. The fraction of sp³-hybridized carbons (Fsp3) is 0.333.